The first-order valence-corrected chi connectivity index (χ1v) is 7.48. The molecular formula is C15H26N4O. The van der Waals surface area contributed by atoms with Crippen molar-refractivity contribution in [2.75, 3.05) is 44.3 Å². The summed E-state index contributed by atoms with van der Waals surface area (Å²) >= 11 is 0. The van der Waals surface area contributed by atoms with Gasteiger partial charge in [-0.25, -0.2) is 4.98 Å². The predicted molar refractivity (Wildman–Crippen MR) is 81.2 cm³/mol. The van der Waals surface area contributed by atoms with Crippen LogP contribution in [0.25, 0.3) is 0 Å². The number of nitrogens with zero attached hydrogens (tertiary/aromatic N) is 4. The minimum atomic E-state index is 0.519. The van der Waals surface area contributed by atoms with Crippen LogP contribution in [0.2, 0.25) is 0 Å². The molecule has 1 aromatic heterocycles. The third-order valence-electron chi connectivity index (χ3n) is 3.84. The normalized spacial score (nSPS) is 20.4. The van der Waals surface area contributed by atoms with Gasteiger partial charge in [0.05, 0.1) is 18.0 Å². The molecule has 0 aromatic carbocycles. The van der Waals surface area contributed by atoms with Crippen molar-refractivity contribution in [2.24, 2.45) is 0 Å². The standard InChI is InChI=1S/C15H26N4O/c1-5-20-9-8-18-6-7-19(11-13(18)3)15-14(4)16-10-12(2)17-15/h10,13H,5-9,11H2,1-4H3. The second kappa shape index (κ2) is 6.99. The molecule has 20 heavy (non-hydrogen) atoms. The van der Waals surface area contributed by atoms with Crippen molar-refractivity contribution in [1.29, 1.82) is 0 Å². The van der Waals surface area contributed by atoms with Gasteiger partial charge in [0, 0.05) is 45.0 Å². The highest BCUT2D eigenvalue weighted by molar-refractivity contribution is 5.44. The van der Waals surface area contributed by atoms with Gasteiger partial charge in [-0.05, 0) is 27.7 Å². The second-order valence-corrected chi connectivity index (χ2v) is 5.45. The van der Waals surface area contributed by atoms with Crippen LogP contribution in [0.15, 0.2) is 6.20 Å². The summed E-state index contributed by atoms with van der Waals surface area (Å²) in [5.74, 6) is 1.04. The van der Waals surface area contributed by atoms with Gasteiger partial charge in [0.2, 0.25) is 0 Å². The number of anilines is 1. The summed E-state index contributed by atoms with van der Waals surface area (Å²) in [7, 11) is 0. The molecule has 1 aromatic rings. The maximum Gasteiger partial charge on any atom is 0.150 e. The maximum atomic E-state index is 5.45. The molecule has 5 nitrogen and oxygen atoms in total. The smallest absolute Gasteiger partial charge is 0.150 e. The van der Waals surface area contributed by atoms with Crippen molar-refractivity contribution in [2.45, 2.75) is 33.7 Å². The number of hydrogen-bond acceptors (Lipinski definition) is 5. The number of hydrogen-bond donors (Lipinski definition) is 0. The van der Waals surface area contributed by atoms with E-state index >= 15 is 0 Å². The third kappa shape index (κ3) is 3.67. The number of piperazine rings is 1. The summed E-state index contributed by atoms with van der Waals surface area (Å²) in [6, 6.07) is 0.519. The van der Waals surface area contributed by atoms with Gasteiger partial charge in [0.25, 0.3) is 0 Å². The molecule has 0 saturated carbocycles. The Morgan fingerprint density at radius 3 is 2.85 bits per heavy atom. The number of aromatic nitrogens is 2. The molecule has 2 heterocycles. The quantitative estimate of drug-likeness (QED) is 0.766. The summed E-state index contributed by atoms with van der Waals surface area (Å²) in [6.45, 7) is 14.1. The van der Waals surface area contributed by atoms with E-state index in [4.69, 9.17) is 4.74 Å². The fourth-order valence-electron chi connectivity index (χ4n) is 2.67. The summed E-state index contributed by atoms with van der Waals surface area (Å²) in [6.07, 6.45) is 1.83. The Kier molecular flexibility index (Phi) is 5.31. The Hall–Kier alpha value is -1.20. The van der Waals surface area contributed by atoms with Crippen LogP contribution in [-0.4, -0.2) is 60.3 Å². The Labute approximate surface area is 122 Å². The average molecular weight is 278 g/mol. The molecular weight excluding hydrogens is 252 g/mol. The summed E-state index contributed by atoms with van der Waals surface area (Å²) in [5.41, 5.74) is 2.00. The maximum absolute atomic E-state index is 5.45. The molecule has 0 spiro atoms. The lowest BCUT2D eigenvalue weighted by Crippen LogP contribution is -2.53. The monoisotopic (exact) mass is 278 g/mol. The first-order valence-electron chi connectivity index (χ1n) is 7.48. The van der Waals surface area contributed by atoms with Crippen molar-refractivity contribution < 1.29 is 4.74 Å². The molecule has 0 bridgehead atoms. The van der Waals surface area contributed by atoms with E-state index in [0.717, 1.165) is 56.6 Å². The minimum Gasteiger partial charge on any atom is -0.380 e. The van der Waals surface area contributed by atoms with Gasteiger partial charge in [0.15, 0.2) is 0 Å². The van der Waals surface area contributed by atoms with Crippen LogP contribution in [0.1, 0.15) is 25.2 Å². The van der Waals surface area contributed by atoms with Gasteiger partial charge >= 0.3 is 0 Å². The lowest BCUT2D eigenvalue weighted by Gasteiger charge is -2.40. The van der Waals surface area contributed by atoms with Crippen LogP contribution in [-0.2, 0) is 4.74 Å². The molecule has 1 unspecified atom stereocenters. The van der Waals surface area contributed by atoms with E-state index in [1.807, 2.05) is 27.0 Å². The van der Waals surface area contributed by atoms with Crippen LogP contribution in [0.4, 0.5) is 5.82 Å². The van der Waals surface area contributed by atoms with Crippen LogP contribution < -0.4 is 4.90 Å². The molecule has 5 heteroatoms. The van der Waals surface area contributed by atoms with Gasteiger partial charge in [-0.2, -0.15) is 0 Å². The molecule has 112 valence electrons. The summed E-state index contributed by atoms with van der Waals surface area (Å²) in [5, 5.41) is 0. The third-order valence-corrected chi connectivity index (χ3v) is 3.84. The van der Waals surface area contributed by atoms with Crippen LogP contribution in [0.5, 0.6) is 0 Å². The van der Waals surface area contributed by atoms with Gasteiger partial charge in [-0.15, -0.1) is 0 Å². The highest BCUT2D eigenvalue weighted by Gasteiger charge is 2.25. The number of rotatable bonds is 5. The molecule has 1 aliphatic heterocycles. The predicted octanol–water partition coefficient (Wildman–Crippen LogP) is 1.64. The zero-order valence-electron chi connectivity index (χ0n) is 13.1. The minimum absolute atomic E-state index is 0.519. The SMILES string of the molecule is CCOCCN1CCN(c2nc(C)cnc2C)CC1C. The van der Waals surface area contributed by atoms with Gasteiger partial charge in [-0.3, -0.25) is 9.88 Å². The number of aryl methyl sites for hydroxylation is 2. The molecule has 0 aliphatic carbocycles. The van der Waals surface area contributed by atoms with Gasteiger partial charge in [-0.1, -0.05) is 0 Å². The van der Waals surface area contributed by atoms with Crippen molar-refractivity contribution in [3.63, 3.8) is 0 Å². The first kappa shape index (κ1) is 15.2. The van der Waals surface area contributed by atoms with Gasteiger partial charge in [0.1, 0.15) is 5.82 Å². The van der Waals surface area contributed by atoms with E-state index < -0.39 is 0 Å². The molecule has 0 N–H and O–H groups in total. The largest absolute Gasteiger partial charge is 0.380 e. The van der Waals surface area contributed by atoms with Crippen molar-refractivity contribution in [3.05, 3.63) is 17.6 Å². The second-order valence-electron chi connectivity index (χ2n) is 5.45. The van der Waals surface area contributed by atoms with E-state index in [-0.39, 0.29) is 0 Å². The lowest BCUT2D eigenvalue weighted by molar-refractivity contribution is 0.0925. The Bertz CT molecular complexity index is 438. The molecule has 2 rings (SSSR count). The summed E-state index contributed by atoms with van der Waals surface area (Å²) in [4.78, 5) is 13.9. The van der Waals surface area contributed by atoms with E-state index in [0.29, 0.717) is 6.04 Å². The fourth-order valence-corrected chi connectivity index (χ4v) is 2.67. The molecule has 0 amide bonds. The van der Waals surface area contributed by atoms with Gasteiger partial charge < -0.3 is 9.64 Å². The average Bonchev–Trinajstić information content (AvgIpc) is 2.43. The van der Waals surface area contributed by atoms with Crippen LogP contribution >= 0.6 is 0 Å². The van der Waals surface area contributed by atoms with Crippen LogP contribution in [0.3, 0.4) is 0 Å². The molecule has 0 radical (unpaired) electrons. The number of ether oxygens (including phenoxy) is 1. The van der Waals surface area contributed by atoms with Crippen LogP contribution in [0, 0.1) is 13.8 Å². The molecule has 1 aliphatic rings. The first-order chi connectivity index (χ1) is 9.61. The highest BCUT2D eigenvalue weighted by Crippen LogP contribution is 2.19. The Balaban J connectivity index is 1.96. The van der Waals surface area contributed by atoms with E-state index in [1.54, 1.807) is 0 Å². The van der Waals surface area contributed by atoms with E-state index in [2.05, 4.69) is 26.7 Å². The van der Waals surface area contributed by atoms with E-state index in [1.165, 1.54) is 0 Å². The molecule has 1 saturated heterocycles. The van der Waals surface area contributed by atoms with Crippen molar-refractivity contribution in [3.8, 4) is 0 Å². The van der Waals surface area contributed by atoms with Crippen molar-refractivity contribution >= 4 is 5.82 Å². The summed E-state index contributed by atoms with van der Waals surface area (Å²) < 4.78 is 5.45. The molecule has 1 fully saturated rings. The zero-order valence-corrected chi connectivity index (χ0v) is 13.1. The molecule has 1 atom stereocenters. The zero-order chi connectivity index (χ0) is 14.5. The topological polar surface area (TPSA) is 41.5 Å². The Morgan fingerprint density at radius 2 is 2.15 bits per heavy atom. The fraction of sp³-hybridized carbons (Fsp3) is 0.733. The lowest BCUT2D eigenvalue weighted by atomic mass is 10.2. The highest BCUT2D eigenvalue weighted by atomic mass is 16.5. The Morgan fingerprint density at radius 1 is 1.35 bits per heavy atom. The van der Waals surface area contributed by atoms with E-state index in [9.17, 15) is 0 Å². The van der Waals surface area contributed by atoms with Crippen molar-refractivity contribution in [1.82, 2.24) is 14.9 Å².